The molecule has 0 amide bonds. The summed E-state index contributed by atoms with van der Waals surface area (Å²) in [6.07, 6.45) is 1.54. The number of fused-ring (bicyclic) bond motifs is 1. The number of rotatable bonds is 2. The molecule has 2 aromatic carbocycles. The molecule has 0 radical (unpaired) electrons. The summed E-state index contributed by atoms with van der Waals surface area (Å²) in [5, 5.41) is 10.8. The van der Waals surface area contributed by atoms with Crippen LogP contribution in [0.1, 0.15) is 21.5 Å². The van der Waals surface area contributed by atoms with Crippen molar-refractivity contribution in [1.29, 1.82) is 0 Å². The zero-order valence-corrected chi connectivity index (χ0v) is 12.9. The number of hydrogen-bond acceptors (Lipinski definition) is 3. The van der Waals surface area contributed by atoms with Crippen LogP contribution in [0, 0.1) is 6.92 Å². The highest BCUT2D eigenvalue weighted by Gasteiger charge is 2.14. The maximum Gasteiger partial charge on any atom is 0.198 e. The number of hydrogen-bond donors (Lipinski definition) is 1. The van der Waals surface area contributed by atoms with Crippen LogP contribution in [0.4, 0.5) is 0 Å². The topological polar surface area (TPSA) is 50.2 Å². The van der Waals surface area contributed by atoms with Gasteiger partial charge in [-0.3, -0.25) is 9.78 Å². The molecule has 0 spiro atoms. The Hall–Kier alpha value is -2.20. The van der Waals surface area contributed by atoms with Crippen molar-refractivity contribution in [1.82, 2.24) is 4.98 Å². The van der Waals surface area contributed by atoms with Crippen molar-refractivity contribution in [3.05, 3.63) is 69.8 Å². The third kappa shape index (κ3) is 2.67. The third-order valence-corrected chi connectivity index (χ3v) is 3.80. The highest BCUT2D eigenvalue weighted by molar-refractivity contribution is 9.10. The number of pyridine rings is 1. The lowest BCUT2D eigenvalue weighted by atomic mass is 10.0. The molecular formula is C17H12BrNO2. The molecular weight excluding hydrogens is 330 g/mol. The second-order valence-corrected chi connectivity index (χ2v) is 5.83. The SMILES string of the molecule is Cc1ccc(O)c(C(=O)c2cnc3ccc(Br)cc3c2)c1. The first-order valence-corrected chi connectivity index (χ1v) is 7.23. The van der Waals surface area contributed by atoms with Crippen molar-refractivity contribution in [2.24, 2.45) is 0 Å². The molecule has 0 saturated carbocycles. The van der Waals surface area contributed by atoms with Crippen molar-refractivity contribution >= 4 is 32.6 Å². The van der Waals surface area contributed by atoms with E-state index in [1.165, 1.54) is 6.07 Å². The molecule has 0 saturated heterocycles. The normalized spacial score (nSPS) is 10.8. The van der Waals surface area contributed by atoms with Gasteiger partial charge in [0.15, 0.2) is 5.78 Å². The van der Waals surface area contributed by atoms with Gasteiger partial charge in [-0.15, -0.1) is 0 Å². The molecule has 4 heteroatoms. The number of aromatic hydroxyl groups is 1. The molecule has 0 aliphatic carbocycles. The summed E-state index contributed by atoms with van der Waals surface area (Å²) in [6, 6.07) is 12.5. The van der Waals surface area contributed by atoms with Gasteiger partial charge in [-0.25, -0.2) is 0 Å². The van der Waals surface area contributed by atoms with Gasteiger partial charge in [-0.1, -0.05) is 27.6 Å². The minimum atomic E-state index is -0.231. The number of benzene rings is 2. The van der Waals surface area contributed by atoms with Crippen molar-refractivity contribution in [2.75, 3.05) is 0 Å². The van der Waals surface area contributed by atoms with Gasteiger partial charge in [0.2, 0.25) is 0 Å². The highest BCUT2D eigenvalue weighted by atomic mass is 79.9. The third-order valence-electron chi connectivity index (χ3n) is 3.30. The number of ketones is 1. The lowest BCUT2D eigenvalue weighted by Gasteiger charge is -2.06. The second-order valence-electron chi connectivity index (χ2n) is 4.91. The fraction of sp³-hybridized carbons (Fsp3) is 0.0588. The highest BCUT2D eigenvalue weighted by Crippen LogP contribution is 2.24. The van der Waals surface area contributed by atoms with Gasteiger partial charge >= 0.3 is 0 Å². The van der Waals surface area contributed by atoms with E-state index >= 15 is 0 Å². The zero-order valence-electron chi connectivity index (χ0n) is 11.3. The lowest BCUT2D eigenvalue weighted by Crippen LogP contribution is -2.03. The van der Waals surface area contributed by atoms with E-state index in [9.17, 15) is 9.90 Å². The van der Waals surface area contributed by atoms with E-state index in [1.54, 1.807) is 24.4 Å². The average molecular weight is 342 g/mol. The smallest absolute Gasteiger partial charge is 0.198 e. The number of carbonyl (C=O) groups excluding carboxylic acids is 1. The Labute approximate surface area is 130 Å². The predicted octanol–water partition coefficient (Wildman–Crippen LogP) is 4.24. The molecule has 3 rings (SSSR count). The van der Waals surface area contributed by atoms with Crippen LogP contribution in [0.25, 0.3) is 10.9 Å². The first-order valence-electron chi connectivity index (χ1n) is 6.44. The van der Waals surface area contributed by atoms with E-state index in [-0.39, 0.29) is 11.5 Å². The van der Waals surface area contributed by atoms with Gasteiger partial charge < -0.3 is 5.11 Å². The number of phenols is 1. The Morgan fingerprint density at radius 3 is 2.76 bits per heavy atom. The molecule has 1 N–H and O–H groups in total. The number of nitrogens with zero attached hydrogens (tertiary/aromatic N) is 1. The van der Waals surface area contributed by atoms with Gasteiger partial charge in [0.1, 0.15) is 5.75 Å². The molecule has 0 unspecified atom stereocenters. The maximum atomic E-state index is 12.5. The van der Waals surface area contributed by atoms with E-state index < -0.39 is 0 Å². The van der Waals surface area contributed by atoms with Crippen LogP contribution in [-0.4, -0.2) is 15.9 Å². The van der Waals surface area contributed by atoms with E-state index in [0.29, 0.717) is 11.1 Å². The van der Waals surface area contributed by atoms with Crippen LogP contribution < -0.4 is 0 Å². The van der Waals surface area contributed by atoms with E-state index in [4.69, 9.17) is 0 Å². The van der Waals surface area contributed by atoms with Crippen LogP contribution in [0.5, 0.6) is 5.75 Å². The molecule has 0 aliphatic heterocycles. The molecule has 0 bridgehead atoms. The first-order chi connectivity index (χ1) is 10.0. The molecule has 0 aliphatic rings. The Morgan fingerprint density at radius 2 is 1.95 bits per heavy atom. The second kappa shape index (κ2) is 5.30. The quantitative estimate of drug-likeness (QED) is 0.709. The minimum Gasteiger partial charge on any atom is -0.507 e. The molecule has 0 atom stereocenters. The molecule has 3 aromatic rings. The van der Waals surface area contributed by atoms with Gasteiger partial charge in [0.05, 0.1) is 11.1 Å². The minimum absolute atomic E-state index is 0.0139. The van der Waals surface area contributed by atoms with E-state index in [1.807, 2.05) is 25.1 Å². The van der Waals surface area contributed by atoms with Gasteiger partial charge in [0.25, 0.3) is 0 Å². The largest absolute Gasteiger partial charge is 0.507 e. The standard InChI is InChI=1S/C17H12BrNO2/c1-10-2-5-16(20)14(6-10)17(21)12-7-11-8-13(18)3-4-15(11)19-9-12/h2-9,20H,1H3. The van der Waals surface area contributed by atoms with Crippen molar-refractivity contribution in [2.45, 2.75) is 6.92 Å². The van der Waals surface area contributed by atoms with Crippen LogP contribution in [0.15, 0.2) is 53.1 Å². The van der Waals surface area contributed by atoms with E-state index in [2.05, 4.69) is 20.9 Å². The first kappa shape index (κ1) is 13.8. The number of halogens is 1. The molecule has 3 nitrogen and oxygen atoms in total. The summed E-state index contributed by atoms with van der Waals surface area (Å²) in [6.45, 7) is 1.88. The molecule has 0 fully saturated rings. The average Bonchev–Trinajstić information content (AvgIpc) is 2.48. The lowest BCUT2D eigenvalue weighted by molar-refractivity contribution is 0.103. The Morgan fingerprint density at radius 1 is 1.14 bits per heavy atom. The number of aryl methyl sites for hydroxylation is 1. The fourth-order valence-electron chi connectivity index (χ4n) is 2.21. The van der Waals surface area contributed by atoms with Crippen LogP contribution in [-0.2, 0) is 0 Å². The van der Waals surface area contributed by atoms with Crippen molar-refractivity contribution in [3.63, 3.8) is 0 Å². The van der Waals surface area contributed by atoms with Crippen LogP contribution in [0.3, 0.4) is 0 Å². The van der Waals surface area contributed by atoms with Crippen LogP contribution in [0.2, 0.25) is 0 Å². The Kier molecular flexibility index (Phi) is 3.47. The van der Waals surface area contributed by atoms with Gasteiger partial charge in [-0.2, -0.15) is 0 Å². The molecule has 21 heavy (non-hydrogen) atoms. The Bertz CT molecular complexity index is 859. The number of aromatic nitrogens is 1. The molecule has 1 aromatic heterocycles. The van der Waals surface area contributed by atoms with Crippen molar-refractivity contribution in [3.8, 4) is 5.75 Å². The Balaban J connectivity index is 2.11. The number of carbonyl (C=O) groups is 1. The summed E-state index contributed by atoms with van der Waals surface area (Å²) in [5.41, 5.74) is 2.50. The summed E-state index contributed by atoms with van der Waals surface area (Å²) in [4.78, 5) is 16.8. The summed E-state index contributed by atoms with van der Waals surface area (Å²) in [5.74, 6) is -0.245. The van der Waals surface area contributed by atoms with Gasteiger partial charge in [0, 0.05) is 21.6 Å². The molecule has 104 valence electrons. The summed E-state index contributed by atoms with van der Waals surface area (Å²) >= 11 is 3.41. The molecule has 1 heterocycles. The zero-order chi connectivity index (χ0) is 15.0. The monoisotopic (exact) mass is 341 g/mol. The van der Waals surface area contributed by atoms with Crippen LogP contribution >= 0.6 is 15.9 Å². The number of phenolic OH excluding ortho intramolecular Hbond substituents is 1. The van der Waals surface area contributed by atoms with Gasteiger partial charge in [-0.05, 0) is 43.3 Å². The predicted molar refractivity (Wildman–Crippen MR) is 85.7 cm³/mol. The summed E-state index contributed by atoms with van der Waals surface area (Å²) in [7, 11) is 0. The van der Waals surface area contributed by atoms with E-state index in [0.717, 1.165) is 20.9 Å². The maximum absolute atomic E-state index is 12.5. The van der Waals surface area contributed by atoms with Crippen molar-refractivity contribution < 1.29 is 9.90 Å². The fourth-order valence-corrected chi connectivity index (χ4v) is 2.59. The summed E-state index contributed by atoms with van der Waals surface area (Å²) < 4.78 is 0.930.